The van der Waals surface area contributed by atoms with E-state index in [0.717, 1.165) is 5.56 Å². The van der Waals surface area contributed by atoms with E-state index in [9.17, 15) is 9.59 Å². The van der Waals surface area contributed by atoms with Gasteiger partial charge in [0.15, 0.2) is 11.5 Å². The minimum absolute atomic E-state index is 0.175. The highest BCUT2D eigenvalue weighted by molar-refractivity contribution is 6.37. The highest BCUT2D eigenvalue weighted by atomic mass is 35.5. The molecule has 6 nitrogen and oxygen atoms in total. The molecule has 0 saturated carbocycles. The van der Waals surface area contributed by atoms with Gasteiger partial charge in [-0.1, -0.05) is 29.3 Å². The summed E-state index contributed by atoms with van der Waals surface area (Å²) >= 11 is 11.9. The number of hydrogen-bond donors (Lipinski definition) is 2. The highest BCUT2D eigenvalue weighted by Crippen LogP contribution is 2.28. The second-order valence-electron chi connectivity index (χ2n) is 6.57. The molecule has 0 atom stereocenters. The van der Waals surface area contributed by atoms with Gasteiger partial charge in [-0.15, -0.1) is 0 Å². The number of halogens is 2. The molecule has 8 heteroatoms. The molecule has 3 rings (SSSR count). The van der Waals surface area contributed by atoms with Crippen molar-refractivity contribution in [2.24, 2.45) is 0 Å². The summed E-state index contributed by atoms with van der Waals surface area (Å²) in [4.78, 5) is 24.8. The summed E-state index contributed by atoms with van der Waals surface area (Å²) in [6.45, 7) is 0. The maximum Gasteiger partial charge on any atom is 0.257 e. The fraction of sp³-hybridized carbons (Fsp3) is 0.130. The van der Waals surface area contributed by atoms with Gasteiger partial charge in [0.1, 0.15) is 0 Å². The third-order valence-electron chi connectivity index (χ3n) is 4.41. The molecule has 0 heterocycles. The molecule has 0 aromatic heterocycles. The molecule has 0 saturated heterocycles. The van der Waals surface area contributed by atoms with Crippen LogP contribution in [0.3, 0.4) is 0 Å². The van der Waals surface area contributed by atoms with Crippen molar-refractivity contribution in [3.63, 3.8) is 0 Å². The number of hydrogen-bond acceptors (Lipinski definition) is 4. The molecule has 0 aliphatic heterocycles. The van der Waals surface area contributed by atoms with E-state index in [1.54, 1.807) is 62.8 Å². The van der Waals surface area contributed by atoms with Crippen molar-refractivity contribution in [1.82, 2.24) is 0 Å². The van der Waals surface area contributed by atoms with Crippen LogP contribution < -0.4 is 20.1 Å². The topological polar surface area (TPSA) is 76.7 Å². The van der Waals surface area contributed by atoms with Crippen LogP contribution in [0.15, 0.2) is 60.7 Å². The molecular weight excluding hydrogens is 439 g/mol. The predicted octanol–water partition coefficient (Wildman–Crippen LogP) is 5.44. The van der Waals surface area contributed by atoms with Crippen LogP contribution in [0.25, 0.3) is 0 Å². The van der Waals surface area contributed by atoms with Crippen LogP contribution in [0.4, 0.5) is 11.4 Å². The van der Waals surface area contributed by atoms with Gasteiger partial charge in [-0.25, -0.2) is 0 Å². The Labute approximate surface area is 190 Å². The van der Waals surface area contributed by atoms with Gasteiger partial charge < -0.3 is 20.1 Å². The van der Waals surface area contributed by atoms with E-state index in [2.05, 4.69) is 10.6 Å². The fourth-order valence-electron chi connectivity index (χ4n) is 2.89. The van der Waals surface area contributed by atoms with E-state index < -0.39 is 0 Å². The molecule has 0 bridgehead atoms. The van der Waals surface area contributed by atoms with E-state index in [1.165, 1.54) is 6.07 Å². The molecule has 0 fully saturated rings. The Morgan fingerprint density at radius 1 is 0.806 bits per heavy atom. The average molecular weight is 459 g/mol. The van der Waals surface area contributed by atoms with Crippen LogP contribution in [0.1, 0.15) is 15.9 Å². The lowest BCUT2D eigenvalue weighted by molar-refractivity contribution is -0.115. The lowest BCUT2D eigenvalue weighted by atomic mass is 10.1. The summed E-state index contributed by atoms with van der Waals surface area (Å²) < 4.78 is 10.5. The van der Waals surface area contributed by atoms with Crippen LogP contribution >= 0.6 is 23.2 Å². The summed E-state index contributed by atoms with van der Waals surface area (Å²) in [5.74, 6) is 0.627. The van der Waals surface area contributed by atoms with Gasteiger partial charge in [-0.2, -0.15) is 0 Å². The minimum atomic E-state index is -0.355. The number of carbonyl (C=O) groups is 2. The van der Waals surface area contributed by atoms with Crippen LogP contribution in [0, 0.1) is 0 Å². The Bertz CT molecular complexity index is 1100. The number of benzene rings is 3. The predicted molar refractivity (Wildman–Crippen MR) is 123 cm³/mol. The summed E-state index contributed by atoms with van der Waals surface area (Å²) in [7, 11) is 3.10. The van der Waals surface area contributed by atoms with Crippen LogP contribution in [0.2, 0.25) is 10.0 Å². The smallest absolute Gasteiger partial charge is 0.257 e. The van der Waals surface area contributed by atoms with E-state index in [4.69, 9.17) is 32.7 Å². The van der Waals surface area contributed by atoms with Gasteiger partial charge in [0, 0.05) is 16.4 Å². The molecule has 0 aliphatic rings. The van der Waals surface area contributed by atoms with Crippen molar-refractivity contribution < 1.29 is 19.1 Å². The zero-order valence-electron chi connectivity index (χ0n) is 16.9. The SMILES string of the molecule is COc1ccc(CC(=O)Nc2ccc(NC(=O)c3ccc(Cl)cc3Cl)cc2)cc1OC. The monoisotopic (exact) mass is 458 g/mol. The lowest BCUT2D eigenvalue weighted by Gasteiger charge is -2.11. The van der Waals surface area contributed by atoms with Gasteiger partial charge >= 0.3 is 0 Å². The number of methoxy groups -OCH3 is 2. The zero-order valence-corrected chi connectivity index (χ0v) is 18.4. The Morgan fingerprint density at radius 2 is 1.45 bits per heavy atom. The van der Waals surface area contributed by atoms with Gasteiger partial charge in [0.2, 0.25) is 5.91 Å². The summed E-state index contributed by atoms with van der Waals surface area (Å²) in [5.41, 5.74) is 2.28. The van der Waals surface area contributed by atoms with Crippen molar-refractivity contribution in [2.75, 3.05) is 24.9 Å². The molecule has 0 aliphatic carbocycles. The molecule has 3 aromatic carbocycles. The molecule has 2 N–H and O–H groups in total. The molecular formula is C23H20Cl2N2O4. The molecule has 160 valence electrons. The van der Waals surface area contributed by atoms with E-state index in [1.807, 2.05) is 6.07 Å². The van der Waals surface area contributed by atoms with E-state index >= 15 is 0 Å². The lowest BCUT2D eigenvalue weighted by Crippen LogP contribution is -2.15. The third kappa shape index (κ3) is 5.90. The Balaban J connectivity index is 1.60. The van der Waals surface area contributed by atoms with Crippen molar-refractivity contribution in [3.05, 3.63) is 81.8 Å². The molecule has 31 heavy (non-hydrogen) atoms. The second-order valence-corrected chi connectivity index (χ2v) is 7.41. The molecule has 0 spiro atoms. The normalized spacial score (nSPS) is 10.3. The standard InChI is InChI=1S/C23H20Cl2N2O4/c1-30-20-10-3-14(11-21(20)31-2)12-22(28)26-16-5-7-17(8-6-16)27-23(29)18-9-4-15(24)13-19(18)25/h3-11,13H,12H2,1-2H3,(H,26,28)(H,27,29). The van der Waals surface area contributed by atoms with Gasteiger partial charge in [0.25, 0.3) is 5.91 Å². The van der Waals surface area contributed by atoms with Crippen molar-refractivity contribution in [3.8, 4) is 11.5 Å². The number of anilines is 2. The van der Waals surface area contributed by atoms with E-state index in [-0.39, 0.29) is 23.3 Å². The summed E-state index contributed by atoms with van der Waals surface area (Å²) in [5, 5.41) is 6.30. The summed E-state index contributed by atoms with van der Waals surface area (Å²) in [6, 6.07) is 16.8. The quantitative estimate of drug-likeness (QED) is 0.493. The Hall–Kier alpha value is -3.22. The van der Waals surface area contributed by atoms with Crippen molar-refractivity contribution in [1.29, 1.82) is 0 Å². The Kier molecular flexibility index (Phi) is 7.39. The van der Waals surface area contributed by atoms with Gasteiger partial charge in [-0.3, -0.25) is 9.59 Å². The first-order valence-electron chi connectivity index (χ1n) is 9.27. The first-order valence-corrected chi connectivity index (χ1v) is 10.0. The molecule has 3 aromatic rings. The van der Waals surface area contributed by atoms with Crippen molar-refractivity contribution >= 4 is 46.4 Å². The molecule has 2 amide bonds. The second kappa shape index (κ2) is 10.2. The Morgan fingerprint density at radius 3 is 2.06 bits per heavy atom. The highest BCUT2D eigenvalue weighted by Gasteiger charge is 2.12. The largest absolute Gasteiger partial charge is 0.493 e. The number of rotatable bonds is 7. The van der Waals surface area contributed by atoms with Crippen LogP contribution in [-0.2, 0) is 11.2 Å². The summed E-state index contributed by atoms with van der Waals surface area (Å²) in [6.07, 6.45) is 0.175. The first-order chi connectivity index (χ1) is 14.9. The average Bonchev–Trinajstić information content (AvgIpc) is 2.74. The van der Waals surface area contributed by atoms with Crippen LogP contribution in [0.5, 0.6) is 11.5 Å². The van der Waals surface area contributed by atoms with Gasteiger partial charge in [0.05, 0.1) is 31.2 Å². The van der Waals surface area contributed by atoms with Crippen molar-refractivity contribution in [2.45, 2.75) is 6.42 Å². The maximum absolute atomic E-state index is 12.4. The number of nitrogens with one attached hydrogen (secondary N) is 2. The van der Waals surface area contributed by atoms with Gasteiger partial charge in [-0.05, 0) is 60.2 Å². The molecule has 0 radical (unpaired) electrons. The zero-order chi connectivity index (χ0) is 22.4. The van der Waals surface area contributed by atoms with Crippen LogP contribution in [-0.4, -0.2) is 26.0 Å². The number of amides is 2. The third-order valence-corrected chi connectivity index (χ3v) is 4.96. The maximum atomic E-state index is 12.4. The first kappa shape index (κ1) is 22.5. The number of ether oxygens (including phenoxy) is 2. The fourth-order valence-corrected chi connectivity index (χ4v) is 3.38. The number of carbonyl (C=O) groups excluding carboxylic acids is 2. The van der Waals surface area contributed by atoms with E-state index in [0.29, 0.717) is 33.5 Å². The minimum Gasteiger partial charge on any atom is -0.493 e. The molecule has 0 unspecified atom stereocenters.